The van der Waals surface area contributed by atoms with E-state index in [1.165, 1.54) is 38.3 Å². The molecule has 1 heterocycles. The highest BCUT2D eigenvalue weighted by Crippen LogP contribution is 2.34. The van der Waals surface area contributed by atoms with Crippen molar-refractivity contribution < 1.29 is 30.8 Å². The van der Waals surface area contributed by atoms with Crippen LogP contribution < -0.4 is 13.8 Å². The van der Waals surface area contributed by atoms with Gasteiger partial charge in [0, 0.05) is 12.6 Å². The Labute approximate surface area is 193 Å². The molecule has 1 aliphatic heterocycles. The molecular weight excluding hydrogens is 473 g/mol. The third kappa shape index (κ3) is 5.18. The summed E-state index contributed by atoms with van der Waals surface area (Å²) >= 11 is 0. The van der Waals surface area contributed by atoms with Crippen LogP contribution in [0.2, 0.25) is 0 Å². The molecule has 1 fully saturated rings. The highest BCUT2D eigenvalue weighted by Gasteiger charge is 2.42. The first kappa shape index (κ1) is 25.1. The van der Waals surface area contributed by atoms with Crippen LogP contribution in [0.4, 0.5) is 10.1 Å². The quantitative estimate of drug-likeness (QED) is 0.589. The molecule has 0 bridgehead atoms. The Kier molecular flexibility index (Phi) is 7.13. The molecule has 1 amide bonds. The van der Waals surface area contributed by atoms with Gasteiger partial charge in [0.25, 0.3) is 0 Å². The lowest BCUT2D eigenvalue weighted by Crippen LogP contribution is -2.35. The van der Waals surface area contributed by atoms with Crippen molar-refractivity contribution in [2.45, 2.75) is 17.9 Å². The van der Waals surface area contributed by atoms with Crippen LogP contribution in [0.25, 0.3) is 0 Å². The fourth-order valence-electron chi connectivity index (χ4n) is 3.64. The second-order valence-electron chi connectivity index (χ2n) is 8.00. The minimum absolute atomic E-state index is 0.00784. The molecule has 33 heavy (non-hydrogen) atoms. The number of sulfonamides is 2. The molecule has 2 aromatic rings. The van der Waals surface area contributed by atoms with Crippen LogP contribution in [0.15, 0.2) is 47.4 Å². The fraction of sp³-hybridized carbons (Fsp3) is 0.381. The summed E-state index contributed by atoms with van der Waals surface area (Å²) in [4.78, 5) is 13.9. The lowest BCUT2D eigenvalue weighted by Gasteiger charge is -2.25. The summed E-state index contributed by atoms with van der Waals surface area (Å²) in [7, 11) is -3.28. The molecule has 0 saturated carbocycles. The number of carbonyl (C=O) groups excluding carboxylic acids is 1. The SMILES string of the molecule is COc1ccc(N2C(=O)C(C)CS2(=O)=O)cc1S(=O)(=O)NCC(c1ccc(F)cc1)N(C)C. The van der Waals surface area contributed by atoms with E-state index in [1.807, 2.05) is 0 Å². The zero-order valence-corrected chi connectivity index (χ0v) is 20.3. The molecule has 0 aliphatic carbocycles. The van der Waals surface area contributed by atoms with Crippen LogP contribution in [-0.4, -0.2) is 61.1 Å². The van der Waals surface area contributed by atoms with Crippen LogP contribution >= 0.6 is 0 Å². The summed E-state index contributed by atoms with van der Waals surface area (Å²) in [5, 5.41) is 0. The van der Waals surface area contributed by atoms with Crippen LogP contribution in [0.1, 0.15) is 18.5 Å². The summed E-state index contributed by atoms with van der Waals surface area (Å²) in [6.07, 6.45) is 0. The average Bonchev–Trinajstić information content (AvgIpc) is 2.95. The Balaban J connectivity index is 1.94. The monoisotopic (exact) mass is 499 g/mol. The summed E-state index contributed by atoms with van der Waals surface area (Å²) in [6.45, 7) is 1.45. The van der Waals surface area contributed by atoms with Gasteiger partial charge in [-0.2, -0.15) is 0 Å². The van der Waals surface area contributed by atoms with E-state index in [2.05, 4.69) is 4.72 Å². The van der Waals surface area contributed by atoms with Crippen molar-refractivity contribution in [2.75, 3.05) is 37.8 Å². The summed E-state index contributed by atoms with van der Waals surface area (Å²) in [5.41, 5.74) is 0.626. The van der Waals surface area contributed by atoms with Gasteiger partial charge in [-0.1, -0.05) is 19.1 Å². The van der Waals surface area contributed by atoms with Crippen LogP contribution in [0.5, 0.6) is 5.75 Å². The smallest absolute Gasteiger partial charge is 0.244 e. The van der Waals surface area contributed by atoms with Crippen molar-refractivity contribution in [3.05, 3.63) is 53.8 Å². The number of nitrogens with zero attached hydrogens (tertiary/aromatic N) is 2. The van der Waals surface area contributed by atoms with E-state index in [0.29, 0.717) is 9.87 Å². The van der Waals surface area contributed by atoms with Gasteiger partial charge in [-0.25, -0.2) is 30.3 Å². The zero-order chi connectivity index (χ0) is 24.6. The summed E-state index contributed by atoms with van der Waals surface area (Å²) in [5.74, 6) is -2.11. The van der Waals surface area contributed by atoms with E-state index < -0.39 is 43.7 Å². The maximum absolute atomic E-state index is 13.3. The van der Waals surface area contributed by atoms with Gasteiger partial charge in [-0.3, -0.25) is 4.79 Å². The van der Waals surface area contributed by atoms with E-state index in [-0.39, 0.29) is 28.6 Å². The standard InChI is InChI=1S/C21H26FN3O6S2/c1-14-13-32(27,28)25(21(14)26)17-9-10-19(31-4)20(11-17)33(29,30)23-12-18(24(2)3)15-5-7-16(22)8-6-15/h5-11,14,18,23H,12-13H2,1-4H3. The molecule has 1 aliphatic rings. The highest BCUT2D eigenvalue weighted by atomic mass is 32.2. The molecule has 12 heteroatoms. The summed E-state index contributed by atoms with van der Waals surface area (Å²) in [6, 6.07) is 9.06. The second-order valence-corrected chi connectivity index (χ2v) is 11.6. The molecular formula is C21H26FN3O6S2. The molecule has 9 nitrogen and oxygen atoms in total. The Hall–Kier alpha value is -2.54. The predicted octanol–water partition coefficient (Wildman–Crippen LogP) is 1.73. The molecule has 3 rings (SSSR count). The Morgan fingerprint density at radius 2 is 1.85 bits per heavy atom. The number of methoxy groups -OCH3 is 1. The molecule has 0 radical (unpaired) electrons. The first-order chi connectivity index (χ1) is 15.4. The van der Waals surface area contributed by atoms with Crippen molar-refractivity contribution in [2.24, 2.45) is 5.92 Å². The Bertz CT molecular complexity index is 1250. The maximum Gasteiger partial charge on any atom is 0.244 e. The summed E-state index contributed by atoms with van der Waals surface area (Å²) < 4.78 is 72.9. The number of anilines is 1. The number of halogens is 1. The average molecular weight is 500 g/mol. The number of nitrogens with one attached hydrogen (secondary N) is 1. The normalized spacial score (nSPS) is 19.2. The van der Waals surface area contributed by atoms with Crippen molar-refractivity contribution >= 4 is 31.6 Å². The topological polar surface area (TPSA) is 113 Å². The van der Waals surface area contributed by atoms with Gasteiger partial charge in [-0.15, -0.1) is 0 Å². The van der Waals surface area contributed by atoms with Gasteiger partial charge in [-0.05, 0) is 50.0 Å². The minimum atomic E-state index is -4.18. The molecule has 2 atom stereocenters. The lowest BCUT2D eigenvalue weighted by molar-refractivity contribution is -0.119. The Morgan fingerprint density at radius 1 is 1.21 bits per heavy atom. The third-order valence-electron chi connectivity index (χ3n) is 5.38. The first-order valence-corrected chi connectivity index (χ1v) is 13.1. The van der Waals surface area contributed by atoms with E-state index in [9.17, 15) is 26.0 Å². The molecule has 1 N–H and O–H groups in total. The molecule has 0 spiro atoms. The van der Waals surface area contributed by atoms with Gasteiger partial charge in [0.15, 0.2) is 0 Å². The number of likely N-dealkylation sites (N-methyl/N-ethyl adjacent to an activating group) is 1. The molecule has 0 aromatic heterocycles. The predicted molar refractivity (Wildman–Crippen MR) is 121 cm³/mol. The molecule has 2 aromatic carbocycles. The number of ether oxygens (including phenoxy) is 1. The van der Waals surface area contributed by atoms with E-state index in [4.69, 9.17) is 4.74 Å². The number of carbonyl (C=O) groups is 1. The number of benzene rings is 2. The van der Waals surface area contributed by atoms with Crippen LogP contribution in [-0.2, 0) is 24.8 Å². The largest absolute Gasteiger partial charge is 0.495 e. The van der Waals surface area contributed by atoms with Gasteiger partial charge in [0.1, 0.15) is 16.5 Å². The van der Waals surface area contributed by atoms with Crippen LogP contribution in [0.3, 0.4) is 0 Å². The number of hydrogen-bond donors (Lipinski definition) is 1. The highest BCUT2D eigenvalue weighted by molar-refractivity contribution is 7.94. The van der Waals surface area contributed by atoms with E-state index in [0.717, 1.165) is 6.07 Å². The van der Waals surface area contributed by atoms with Crippen molar-refractivity contribution in [1.82, 2.24) is 9.62 Å². The van der Waals surface area contributed by atoms with Gasteiger partial charge >= 0.3 is 0 Å². The zero-order valence-electron chi connectivity index (χ0n) is 18.6. The van der Waals surface area contributed by atoms with Crippen molar-refractivity contribution in [3.8, 4) is 5.75 Å². The molecule has 180 valence electrons. The van der Waals surface area contributed by atoms with Crippen LogP contribution in [0, 0.1) is 11.7 Å². The molecule has 2 unspecified atom stereocenters. The van der Waals surface area contributed by atoms with Crippen molar-refractivity contribution in [1.29, 1.82) is 0 Å². The van der Waals surface area contributed by atoms with E-state index >= 15 is 0 Å². The van der Waals surface area contributed by atoms with E-state index in [1.54, 1.807) is 31.1 Å². The first-order valence-electron chi connectivity index (χ1n) is 10.0. The second kappa shape index (κ2) is 9.37. The number of amides is 1. The third-order valence-corrected chi connectivity index (χ3v) is 8.69. The number of hydrogen-bond acceptors (Lipinski definition) is 7. The fourth-order valence-corrected chi connectivity index (χ4v) is 6.68. The lowest BCUT2D eigenvalue weighted by atomic mass is 10.1. The van der Waals surface area contributed by atoms with Gasteiger partial charge in [0.05, 0.1) is 24.5 Å². The Morgan fingerprint density at radius 3 is 2.36 bits per heavy atom. The minimum Gasteiger partial charge on any atom is -0.495 e. The molecule has 1 saturated heterocycles. The number of rotatable bonds is 8. The van der Waals surface area contributed by atoms with Gasteiger partial charge in [0.2, 0.25) is 26.0 Å². The van der Waals surface area contributed by atoms with Crippen molar-refractivity contribution in [3.63, 3.8) is 0 Å². The maximum atomic E-state index is 13.3. The van der Waals surface area contributed by atoms with Gasteiger partial charge < -0.3 is 9.64 Å².